The number of carbonyl (C=O) groups excluding carboxylic acids is 1. The first-order chi connectivity index (χ1) is 9.29. The van der Waals surface area contributed by atoms with Crippen LogP contribution >= 0.6 is 0 Å². The van der Waals surface area contributed by atoms with Gasteiger partial charge in [-0.05, 0) is 43.0 Å². The fraction of sp³-hybridized carbons (Fsp3) is 0.429. The minimum Gasteiger partial charge on any atom is -0.480 e. The van der Waals surface area contributed by atoms with Gasteiger partial charge in [0.1, 0.15) is 11.9 Å². The van der Waals surface area contributed by atoms with Crippen molar-refractivity contribution in [2.45, 2.75) is 33.2 Å². The van der Waals surface area contributed by atoms with E-state index < -0.39 is 23.9 Å². The van der Waals surface area contributed by atoms with Crippen molar-refractivity contribution in [3.8, 4) is 0 Å². The van der Waals surface area contributed by atoms with Crippen LogP contribution in [0.5, 0.6) is 0 Å². The molecule has 1 atom stereocenters. The van der Waals surface area contributed by atoms with Gasteiger partial charge in [0.15, 0.2) is 0 Å². The van der Waals surface area contributed by atoms with E-state index in [0.717, 1.165) is 0 Å². The van der Waals surface area contributed by atoms with Crippen molar-refractivity contribution < 1.29 is 19.1 Å². The summed E-state index contributed by atoms with van der Waals surface area (Å²) in [5.41, 5.74) is 1.01. The lowest BCUT2D eigenvalue weighted by Gasteiger charge is -2.17. The van der Waals surface area contributed by atoms with Crippen LogP contribution < -0.4 is 10.6 Å². The SMILES string of the molecule is Cc1cc(F)ccc1NC(=O)NC(CC(C)C)C(=O)O. The topological polar surface area (TPSA) is 78.4 Å². The highest BCUT2D eigenvalue weighted by molar-refractivity contribution is 5.92. The van der Waals surface area contributed by atoms with Crippen LogP contribution in [-0.2, 0) is 4.79 Å². The highest BCUT2D eigenvalue weighted by Crippen LogP contribution is 2.15. The zero-order valence-corrected chi connectivity index (χ0v) is 11.7. The fourth-order valence-corrected chi connectivity index (χ4v) is 1.78. The smallest absolute Gasteiger partial charge is 0.326 e. The molecule has 0 aromatic heterocycles. The largest absolute Gasteiger partial charge is 0.480 e. The van der Waals surface area contributed by atoms with Crippen molar-refractivity contribution in [2.24, 2.45) is 5.92 Å². The van der Waals surface area contributed by atoms with E-state index in [-0.39, 0.29) is 5.92 Å². The maximum atomic E-state index is 12.9. The molecule has 0 aliphatic carbocycles. The van der Waals surface area contributed by atoms with Gasteiger partial charge in [-0.15, -0.1) is 0 Å². The third-order valence-electron chi connectivity index (χ3n) is 2.75. The van der Waals surface area contributed by atoms with Gasteiger partial charge in [-0.2, -0.15) is 0 Å². The van der Waals surface area contributed by atoms with Crippen LogP contribution in [0.4, 0.5) is 14.9 Å². The van der Waals surface area contributed by atoms with Crippen LogP contribution in [0.25, 0.3) is 0 Å². The Morgan fingerprint density at radius 3 is 2.50 bits per heavy atom. The number of carboxylic acids is 1. The Morgan fingerprint density at radius 1 is 1.35 bits per heavy atom. The number of halogens is 1. The van der Waals surface area contributed by atoms with Gasteiger partial charge in [0.2, 0.25) is 0 Å². The monoisotopic (exact) mass is 282 g/mol. The van der Waals surface area contributed by atoms with E-state index in [2.05, 4.69) is 10.6 Å². The van der Waals surface area contributed by atoms with Gasteiger partial charge in [-0.25, -0.2) is 14.0 Å². The quantitative estimate of drug-likeness (QED) is 0.777. The molecule has 6 heteroatoms. The lowest BCUT2D eigenvalue weighted by atomic mass is 10.0. The molecule has 3 N–H and O–H groups in total. The Labute approximate surface area is 117 Å². The Hall–Kier alpha value is -2.11. The van der Waals surface area contributed by atoms with Crippen LogP contribution in [0.2, 0.25) is 0 Å². The fourth-order valence-electron chi connectivity index (χ4n) is 1.78. The van der Waals surface area contributed by atoms with Crippen LogP contribution in [0.3, 0.4) is 0 Å². The van der Waals surface area contributed by atoms with E-state index in [1.807, 2.05) is 13.8 Å². The average Bonchev–Trinajstić information content (AvgIpc) is 2.31. The normalized spacial score (nSPS) is 12.1. The minimum absolute atomic E-state index is 0.143. The number of anilines is 1. The number of benzene rings is 1. The third kappa shape index (κ3) is 4.87. The summed E-state index contributed by atoms with van der Waals surface area (Å²) in [6, 6.07) is 2.38. The molecule has 2 amide bonds. The maximum absolute atomic E-state index is 12.9. The van der Waals surface area contributed by atoms with Gasteiger partial charge in [0, 0.05) is 5.69 Å². The first kappa shape index (κ1) is 15.9. The van der Waals surface area contributed by atoms with Crippen LogP contribution in [0.15, 0.2) is 18.2 Å². The first-order valence-corrected chi connectivity index (χ1v) is 6.36. The Bertz CT molecular complexity index is 503. The Balaban J connectivity index is 2.68. The molecule has 0 spiro atoms. The number of aliphatic carboxylic acids is 1. The van der Waals surface area contributed by atoms with E-state index in [1.165, 1.54) is 18.2 Å². The second-order valence-corrected chi connectivity index (χ2v) is 5.08. The summed E-state index contributed by atoms with van der Waals surface area (Å²) < 4.78 is 12.9. The van der Waals surface area contributed by atoms with Crippen molar-refractivity contribution in [2.75, 3.05) is 5.32 Å². The van der Waals surface area contributed by atoms with Crippen LogP contribution in [-0.4, -0.2) is 23.1 Å². The molecule has 0 fully saturated rings. The molecule has 1 aromatic carbocycles. The summed E-state index contributed by atoms with van der Waals surface area (Å²) in [5.74, 6) is -1.33. The average molecular weight is 282 g/mol. The number of hydrogen-bond donors (Lipinski definition) is 3. The van der Waals surface area contributed by atoms with Crippen molar-refractivity contribution >= 4 is 17.7 Å². The molecule has 1 rings (SSSR count). The van der Waals surface area contributed by atoms with E-state index in [0.29, 0.717) is 17.7 Å². The number of aryl methyl sites for hydroxylation is 1. The molecule has 20 heavy (non-hydrogen) atoms. The lowest BCUT2D eigenvalue weighted by molar-refractivity contribution is -0.139. The number of rotatable bonds is 5. The number of hydrogen-bond acceptors (Lipinski definition) is 2. The minimum atomic E-state index is -1.08. The first-order valence-electron chi connectivity index (χ1n) is 6.36. The molecule has 110 valence electrons. The van der Waals surface area contributed by atoms with Gasteiger partial charge < -0.3 is 15.7 Å². The summed E-state index contributed by atoms with van der Waals surface area (Å²) in [5, 5.41) is 13.9. The highest BCUT2D eigenvalue weighted by Gasteiger charge is 2.21. The van der Waals surface area contributed by atoms with E-state index >= 15 is 0 Å². The van der Waals surface area contributed by atoms with E-state index in [4.69, 9.17) is 5.11 Å². The maximum Gasteiger partial charge on any atom is 0.326 e. The van der Waals surface area contributed by atoms with Gasteiger partial charge in [0.05, 0.1) is 0 Å². The second kappa shape index (κ2) is 6.88. The number of nitrogens with one attached hydrogen (secondary N) is 2. The molecular weight excluding hydrogens is 263 g/mol. The molecule has 1 aromatic rings. The van der Waals surface area contributed by atoms with E-state index in [1.54, 1.807) is 6.92 Å². The Morgan fingerprint density at radius 2 is 2.00 bits per heavy atom. The van der Waals surface area contributed by atoms with Crippen molar-refractivity contribution in [3.05, 3.63) is 29.6 Å². The molecule has 1 unspecified atom stereocenters. The standard InChI is InChI=1S/C14H19FN2O3/c1-8(2)6-12(13(18)19)17-14(20)16-11-5-4-10(15)7-9(11)3/h4-5,7-8,12H,6H2,1-3H3,(H,18,19)(H2,16,17,20). The van der Waals surface area contributed by atoms with Gasteiger partial charge >= 0.3 is 12.0 Å². The number of amides is 2. The van der Waals surface area contributed by atoms with Gasteiger partial charge in [-0.1, -0.05) is 13.8 Å². The van der Waals surface area contributed by atoms with Crippen LogP contribution in [0, 0.1) is 18.7 Å². The van der Waals surface area contributed by atoms with E-state index in [9.17, 15) is 14.0 Å². The molecule has 0 saturated heterocycles. The molecule has 0 bridgehead atoms. The molecule has 0 radical (unpaired) electrons. The predicted molar refractivity (Wildman–Crippen MR) is 74.2 cm³/mol. The highest BCUT2D eigenvalue weighted by atomic mass is 19.1. The summed E-state index contributed by atoms with van der Waals surface area (Å²) in [6.07, 6.45) is 0.338. The van der Waals surface area contributed by atoms with Gasteiger partial charge in [0.25, 0.3) is 0 Å². The molecule has 0 aliphatic rings. The lowest BCUT2D eigenvalue weighted by Crippen LogP contribution is -2.43. The molecule has 0 saturated carbocycles. The van der Waals surface area contributed by atoms with Crippen LogP contribution in [0.1, 0.15) is 25.8 Å². The molecular formula is C14H19FN2O3. The Kier molecular flexibility index (Phi) is 5.49. The van der Waals surface area contributed by atoms with Crippen molar-refractivity contribution in [1.82, 2.24) is 5.32 Å². The zero-order chi connectivity index (χ0) is 15.3. The molecule has 5 nitrogen and oxygen atoms in total. The third-order valence-corrected chi connectivity index (χ3v) is 2.75. The molecule has 0 heterocycles. The van der Waals surface area contributed by atoms with Crippen molar-refractivity contribution in [1.29, 1.82) is 0 Å². The summed E-state index contributed by atoms with van der Waals surface area (Å²) in [4.78, 5) is 22.8. The van der Waals surface area contributed by atoms with Crippen molar-refractivity contribution in [3.63, 3.8) is 0 Å². The van der Waals surface area contributed by atoms with Gasteiger partial charge in [-0.3, -0.25) is 0 Å². The number of carboxylic acid groups (broad SMARTS) is 1. The summed E-state index contributed by atoms with van der Waals surface area (Å²) in [7, 11) is 0. The number of carbonyl (C=O) groups is 2. The molecule has 0 aliphatic heterocycles. The summed E-state index contributed by atoms with van der Waals surface area (Å²) >= 11 is 0. The predicted octanol–water partition coefficient (Wildman–Crippen LogP) is 2.75. The summed E-state index contributed by atoms with van der Waals surface area (Å²) in [6.45, 7) is 5.40. The zero-order valence-electron chi connectivity index (χ0n) is 11.7. The number of urea groups is 1. The second-order valence-electron chi connectivity index (χ2n) is 5.08.